The Bertz CT molecular complexity index is 394. The Balaban J connectivity index is 2.48. The lowest BCUT2D eigenvalue weighted by Crippen LogP contribution is -2.41. The van der Waals surface area contributed by atoms with Crippen LogP contribution in [0.1, 0.15) is 6.92 Å². The van der Waals surface area contributed by atoms with E-state index in [1.54, 1.807) is 6.92 Å². The van der Waals surface area contributed by atoms with E-state index < -0.39 is 17.2 Å². The van der Waals surface area contributed by atoms with Crippen molar-refractivity contribution in [3.05, 3.63) is 0 Å². The molecule has 0 radical (unpaired) electrons. The van der Waals surface area contributed by atoms with Gasteiger partial charge < -0.3 is 11.1 Å². The molecule has 16 heavy (non-hydrogen) atoms. The first-order valence-electron chi connectivity index (χ1n) is 4.31. The lowest BCUT2D eigenvalue weighted by Gasteiger charge is -2.08. The molecule has 1 aromatic rings. The Morgan fingerprint density at radius 1 is 1.50 bits per heavy atom. The maximum atomic E-state index is 11.5. The maximum absolute atomic E-state index is 11.5. The van der Waals surface area contributed by atoms with E-state index in [4.69, 9.17) is 5.73 Å². The number of nitrogen functional groups attached to an aromatic ring is 1. The van der Waals surface area contributed by atoms with Crippen LogP contribution in [0.4, 0.5) is 9.93 Å². The molecule has 1 atom stereocenters. The molecule has 1 rings (SSSR count). The zero-order chi connectivity index (χ0) is 12.1. The molecule has 0 saturated heterocycles. The third-order valence-electron chi connectivity index (χ3n) is 1.53. The summed E-state index contributed by atoms with van der Waals surface area (Å²) < 4.78 is 0.594. The minimum atomic E-state index is -0.533. The molecule has 0 aliphatic carbocycles. The predicted octanol–water partition coefficient (Wildman–Crippen LogP) is 0.0565. The van der Waals surface area contributed by atoms with Crippen LogP contribution >= 0.6 is 23.1 Å². The second-order valence-corrected chi connectivity index (χ2v) is 5.33. The Kier molecular flexibility index (Phi) is 4.50. The number of hydrogen-bond donors (Lipinski definition) is 3. The van der Waals surface area contributed by atoms with Crippen LogP contribution < -0.4 is 16.4 Å². The fraction of sp³-hybridized carbons (Fsp3) is 0.429. The normalized spacial score (nSPS) is 11.9. The minimum Gasteiger partial charge on any atom is -0.374 e. The first-order valence-corrected chi connectivity index (χ1v) is 6.00. The van der Waals surface area contributed by atoms with Crippen molar-refractivity contribution in [3.8, 4) is 0 Å². The average molecular weight is 261 g/mol. The lowest BCUT2D eigenvalue weighted by molar-refractivity contribution is -0.119. The van der Waals surface area contributed by atoms with Crippen LogP contribution in [0.3, 0.4) is 0 Å². The number of amides is 3. The number of nitrogens with one attached hydrogen (secondary N) is 2. The zero-order valence-electron chi connectivity index (χ0n) is 8.68. The van der Waals surface area contributed by atoms with Crippen molar-refractivity contribution in [1.82, 2.24) is 20.8 Å². The van der Waals surface area contributed by atoms with Gasteiger partial charge in [0.25, 0.3) is 0 Å². The van der Waals surface area contributed by atoms with E-state index in [1.807, 2.05) is 0 Å². The molecule has 0 spiro atoms. The van der Waals surface area contributed by atoms with Gasteiger partial charge in [-0.15, -0.1) is 10.2 Å². The molecule has 1 unspecified atom stereocenters. The smallest absolute Gasteiger partial charge is 0.321 e. The van der Waals surface area contributed by atoms with Gasteiger partial charge in [-0.25, -0.2) is 4.79 Å². The third kappa shape index (κ3) is 3.66. The van der Waals surface area contributed by atoms with Crippen molar-refractivity contribution >= 4 is 40.2 Å². The quantitative estimate of drug-likeness (QED) is 0.663. The van der Waals surface area contributed by atoms with Gasteiger partial charge >= 0.3 is 6.03 Å². The Morgan fingerprint density at radius 3 is 2.69 bits per heavy atom. The minimum absolute atomic E-state index is 0.349. The highest BCUT2D eigenvalue weighted by Gasteiger charge is 2.18. The average Bonchev–Trinajstić information content (AvgIpc) is 2.63. The number of carbonyl (C=O) groups is 2. The summed E-state index contributed by atoms with van der Waals surface area (Å²) >= 11 is 2.39. The molecule has 0 saturated carbocycles. The molecule has 1 aromatic heterocycles. The summed E-state index contributed by atoms with van der Waals surface area (Å²) in [5, 5.41) is 11.8. The Hall–Kier alpha value is -1.35. The predicted molar refractivity (Wildman–Crippen MR) is 62.2 cm³/mol. The molecule has 1 heterocycles. The summed E-state index contributed by atoms with van der Waals surface area (Å²) in [5.74, 6) is -0.391. The molecular weight excluding hydrogens is 250 g/mol. The van der Waals surface area contributed by atoms with Gasteiger partial charge in [-0.2, -0.15) is 0 Å². The number of anilines is 1. The van der Waals surface area contributed by atoms with Crippen LogP contribution in [0.2, 0.25) is 0 Å². The molecule has 0 aliphatic heterocycles. The first kappa shape index (κ1) is 12.7. The summed E-state index contributed by atoms with van der Waals surface area (Å²) in [4.78, 5) is 22.3. The molecule has 9 heteroatoms. The van der Waals surface area contributed by atoms with E-state index in [0.29, 0.717) is 9.47 Å². The number of hydrogen-bond acceptors (Lipinski definition) is 7. The van der Waals surface area contributed by atoms with E-state index in [0.717, 1.165) is 0 Å². The number of carbonyl (C=O) groups excluding carboxylic acids is 2. The first-order chi connectivity index (χ1) is 7.52. The summed E-state index contributed by atoms with van der Waals surface area (Å²) in [6, 6.07) is -0.533. The number of urea groups is 1. The molecule has 0 fully saturated rings. The van der Waals surface area contributed by atoms with E-state index in [-0.39, 0.29) is 0 Å². The van der Waals surface area contributed by atoms with E-state index >= 15 is 0 Å². The van der Waals surface area contributed by atoms with Crippen molar-refractivity contribution in [2.24, 2.45) is 0 Å². The topological polar surface area (TPSA) is 110 Å². The van der Waals surface area contributed by atoms with Crippen molar-refractivity contribution < 1.29 is 9.59 Å². The van der Waals surface area contributed by atoms with E-state index in [9.17, 15) is 9.59 Å². The Morgan fingerprint density at radius 2 is 2.19 bits per heavy atom. The van der Waals surface area contributed by atoms with Gasteiger partial charge in [0, 0.05) is 7.05 Å². The van der Waals surface area contributed by atoms with E-state index in [1.165, 1.54) is 30.1 Å². The van der Waals surface area contributed by atoms with Gasteiger partial charge in [0.2, 0.25) is 11.0 Å². The number of imide groups is 1. The second kappa shape index (κ2) is 5.66. The van der Waals surface area contributed by atoms with Crippen LogP contribution in [-0.4, -0.2) is 34.4 Å². The number of nitrogens with zero attached hydrogens (tertiary/aromatic N) is 2. The van der Waals surface area contributed by atoms with Crippen molar-refractivity contribution in [2.75, 3.05) is 12.8 Å². The zero-order valence-corrected chi connectivity index (χ0v) is 10.3. The highest BCUT2D eigenvalue weighted by Crippen LogP contribution is 2.27. The largest absolute Gasteiger partial charge is 0.374 e. The van der Waals surface area contributed by atoms with Gasteiger partial charge in [-0.05, 0) is 6.92 Å². The molecular formula is C7H11N5O2S2. The maximum Gasteiger partial charge on any atom is 0.321 e. The van der Waals surface area contributed by atoms with Gasteiger partial charge in [0.1, 0.15) is 0 Å². The molecule has 7 nitrogen and oxygen atoms in total. The number of thioether (sulfide) groups is 1. The van der Waals surface area contributed by atoms with Gasteiger partial charge in [0.15, 0.2) is 4.34 Å². The number of nitrogens with two attached hydrogens (primary N) is 1. The molecule has 3 amide bonds. The second-order valence-electron chi connectivity index (χ2n) is 2.73. The van der Waals surface area contributed by atoms with Gasteiger partial charge in [-0.1, -0.05) is 23.1 Å². The SMILES string of the molecule is CNC(=O)NC(=O)C(C)Sc1nnc(N)s1. The van der Waals surface area contributed by atoms with Gasteiger partial charge in [0.05, 0.1) is 5.25 Å². The van der Waals surface area contributed by atoms with Crippen LogP contribution in [0, 0.1) is 0 Å². The number of rotatable bonds is 3. The number of aromatic nitrogens is 2. The monoisotopic (exact) mass is 261 g/mol. The summed E-state index contributed by atoms with van der Waals surface area (Å²) in [5.41, 5.74) is 5.40. The lowest BCUT2D eigenvalue weighted by atomic mass is 10.4. The van der Waals surface area contributed by atoms with E-state index in [2.05, 4.69) is 20.8 Å². The summed E-state index contributed by atoms with van der Waals surface area (Å²) in [7, 11) is 1.44. The fourth-order valence-corrected chi connectivity index (χ4v) is 2.53. The van der Waals surface area contributed by atoms with Crippen molar-refractivity contribution in [3.63, 3.8) is 0 Å². The standard InChI is InChI=1S/C7H11N5O2S2/c1-3(4(13)10-6(14)9-2)15-7-12-11-5(8)16-7/h3H,1-2H3,(H2,8,11)(H2,9,10,13,14). The van der Waals surface area contributed by atoms with Crippen LogP contribution in [-0.2, 0) is 4.79 Å². The summed E-state index contributed by atoms with van der Waals surface area (Å²) in [6.45, 7) is 1.67. The van der Waals surface area contributed by atoms with Crippen molar-refractivity contribution in [2.45, 2.75) is 16.5 Å². The van der Waals surface area contributed by atoms with Crippen LogP contribution in [0.5, 0.6) is 0 Å². The molecule has 88 valence electrons. The molecule has 0 bridgehead atoms. The highest BCUT2D eigenvalue weighted by atomic mass is 32.2. The molecule has 4 N–H and O–H groups in total. The van der Waals surface area contributed by atoms with Gasteiger partial charge in [-0.3, -0.25) is 10.1 Å². The van der Waals surface area contributed by atoms with Crippen LogP contribution in [0.15, 0.2) is 4.34 Å². The fourth-order valence-electron chi connectivity index (χ4n) is 0.749. The summed E-state index contributed by atoms with van der Waals surface area (Å²) in [6.07, 6.45) is 0. The third-order valence-corrected chi connectivity index (χ3v) is 3.47. The van der Waals surface area contributed by atoms with Crippen LogP contribution in [0.25, 0.3) is 0 Å². The molecule has 0 aromatic carbocycles. The highest BCUT2D eigenvalue weighted by molar-refractivity contribution is 8.02. The van der Waals surface area contributed by atoms with Crippen molar-refractivity contribution in [1.29, 1.82) is 0 Å². The molecule has 0 aliphatic rings. The Labute approximate surface area is 100 Å².